The van der Waals surface area contributed by atoms with E-state index in [0.717, 1.165) is 32.6 Å². The molecule has 0 spiro atoms. The molecule has 1 aromatic heterocycles. The van der Waals surface area contributed by atoms with E-state index in [0.29, 0.717) is 11.5 Å². The number of ether oxygens (including phenoxy) is 1. The summed E-state index contributed by atoms with van der Waals surface area (Å²) in [6.45, 7) is 0. The normalized spacial score (nSPS) is 16.7. The van der Waals surface area contributed by atoms with Crippen LogP contribution in [0.4, 0.5) is 0 Å². The lowest BCUT2D eigenvalue weighted by atomic mass is 10.2. The Morgan fingerprint density at radius 3 is 1.88 bits per heavy atom. The SMILES string of the molecule is O=P1(c2ccccc2)c2ccccc2Oc2ccc(-n3c4ccccc4c4ccccc43)cc21. The van der Waals surface area contributed by atoms with Crippen LogP contribution in [0.25, 0.3) is 27.5 Å². The van der Waals surface area contributed by atoms with Crippen LogP contribution < -0.4 is 20.7 Å². The van der Waals surface area contributed by atoms with E-state index in [-0.39, 0.29) is 0 Å². The fourth-order valence-electron chi connectivity index (χ4n) is 5.15. The largest absolute Gasteiger partial charge is 0.456 e. The smallest absolute Gasteiger partial charge is 0.178 e. The van der Waals surface area contributed by atoms with Crippen LogP contribution in [0.1, 0.15) is 0 Å². The topological polar surface area (TPSA) is 31.2 Å². The molecule has 0 aliphatic carbocycles. The van der Waals surface area contributed by atoms with Gasteiger partial charge in [-0.15, -0.1) is 0 Å². The molecule has 4 heteroatoms. The number of nitrogens with zero attached hydrogens (tertiary/aromatic N) is 1. The number of aromatic nitrogens is 1. The highest BCUT2D eigenvalue weighted by Gasteiger charge is 2.39. The predicted octanol–water partition coefficient (Wildman–Crippen LogP) is 6.53. The molecule has 1 aliphatic heterocycles. The van der Waals surface area contributed by atoms with Crippen molar-refractivity contribution < 1.29 is 9.30 Å². The zero-order valence-corrected chi connectivity index (χ0v) is 19.2. The second-order valence-corrected chi connectivity index (χ2v) is 11.2. The summed E-state index contributed by atoms with van der Waals surface area (Å²) in [5.74, 6) is 1.31. The van der Waals surface area contributed by atoms with Gasteiger partial charge < -0.3 is 13.9 Å². The highest BCUT2D eigenvalue weighted by Crippen LogP contribution is 2.51. The van der Waals surface area contributed by atoms with Gasteiger partial charge in [0.2, 0.25) is 0 Å². The molecule has 0 bridgehead atoms. The van der Waals surface area contributed by atoms with Crippen LogP contribution in [0.5, 0.6) is 11.5 Å². The minimum absolute atomic E-state index is 0.649. The highest BCUT2D eigenvalue weighted by atomic mass is 31.2. The first-order valence-corrected chi connectivity index (χ1v) is 13.0. The Morgan fingerprint density at radius 1 is 0.559 bits per heavy atom. The summed E-state index contributed by atoms with van der Waals surface area (Å²) >= 11 is 0. The molecule has 0 saturated carbocycles. The lowest BCUT2D eigenvalue weighted by Crippen LogP contribution is -2.30. The van der Waals surface area contributed by atoms with E-state index in [1.165, 1.54) is 10.8 Å². The van der Waals surface area contributed by atoms with E-state index in [9.17, 15) is 0 Å². The highest BCUT2D eigenvalue weighted by molar-refractivity contribution is 7.85. The van der Waals surface area contributed by atoms with Gasteiger partial charge in [-0.2, -0.15) is 0 Å². The molecular formula is C30H20NO2P. The van der Waals surface area contributed by atoms with Crippen molar-refractivity contribution in [3.05, 3.63) is 121 Å². The van der Waals surface area contributed by atoms with Crippen molar-refractivity contribution in [2.75, 3.05) is 0 Å². The molecule has 7 rings (SSSR count). The number of para-hydroxylation sites is 3. The minimum Gasteiger partial charge on any atom is -0.456 e. The third-order valence-corrected chi connectivity index (χ3v) is 9.77. The van der Waals surface area contributed by atoms with Crippen molar-refractivity contribution in [1.82, 2.24) is 4.57 Å². The van der Waals surface area contributed by atoms with Gasteiger partial charge in [-0.3, -0.25) is 0 Å². The first-order valence-electron chi connectivity index (χ1n) is 11.3. The first kappa shape index (κ1) is 19.4. The number of benzene rings is 5. The zero-order valence-electron chi connectivity index (χ0n) is 18.3. The van der Waals surface area contributed by atoms with Crippen molar-refractivity contribution in [2.45, 2.75) is 0 Å². The summed E-state index contributed by atoms with van der Waals surface area (Å²) < 4.78 is 23.6. The van der Waals surface area contributed by atoms with E-state index in [2.05, 4.69) is 65.2 Å². The third-order valence-electron chi connectivity index (χ3n) is 6.66. The Morgan fingerprint density at radius 2 is 1.15 bits per heavy atom. The van der Waals surface area contributed by atoms with E-state index >= 15 is 4.57 Å². The lowest BCUT2D eigenvalue weighted by Gasteiger charge is -2.29. The van der Waals surface area contributed by atoms with Gasteiger partial charge in [0, 0.05) is 21.8 Å². The van der Waals surface area contributed by atoms with Crippen LogP contribution in [-0.4, -0.2) is 4.57 Å². The molecule has 1 atom stereocenters. The lowest BCUT2D eigenvalue weighted by molar-refractivity contribution is 0.485. The van der Waals surface area contributed by atoms with E-state index in [4.69, 9.17) is 4.74 Å². The van der Waals surface area contributed by atoms with E-state index < -0.39 is 7.14 Å². The molecule has 1 aliphatic rings. The molecular weight excluding hydrogens is 437 g/mol. The van der Waals surface area contributed by atoms with Crippen LogP contribution >= 0.6 is 7.14 Å². The van der Waals surface area contributed by atoms with Crippen molar-refractivity contribution in [1.29, 1.82) is 0 Å². The number of rotatable bonds is 2. The van der Waals surface area contributed by atoms with Gasteiger partial charge in [-0.05, 0) is 42.5 Å². The summed E-state index contributed by atoms with van der Waals surface area (Å²) in [5, 5.41) is 4.68. The molecule has 6 aromatic rings. The number of hydrogen-bond donors (Lipinski definition) is 0. The molecule has 0 N–H and O–H groups in total. The van der Waals surface area contributed by atoms with E-state index in [1.807, 2.05) is 60.7 Å². The molecule has 2 heterocycles. The summed E-state index contributed by atoms with van der Waals surface area (Å²) in [6.07, 6.45) is 0. The molecule has 5 aromatic carbocycles. The quantitative estimate of drug-likeness (QED) is 0.277. The molecule has 3 nitrogen and oxygen atoms in total. The maximum atomic E-state index is 15.0. The average Bonchev–Trinajstić information content (AvgIpc) is 3.24. The number of hydrogen-bond acceptors (Lipinski definition) is 2. The minimum atomic E-state index is -3.13. The molecule has 0 amide bonds. The second kappa shape index (κ2) is 7.21. The molecule has 0 radical (unpaired) electrons. The standard InChI is InChI=1S/C30H20NO2P/c32-34(22-10-2-1-3-11-22)29-17-9-8-16-27(29)33-28-19-18-21(20-30(28)34)31-25-14-6-4-12-23(25)24-13-5-7-15-26(24)31/h1-20H. The molecule has 0 saturated heterocycles. The molecule has 34 heavy (non-hydrogen) atoms. The van der Waals surface area contributed by atoms with Gasteiger partial charge >= 0.3 is 0 Å². The van der Waals surface area contributed by atoms with Gasteiger partial charge in [0.1, 0.15) is 11.5 Å². The van der Waals surface area contributed by atoms with Gasteiger partial charge in [-0.1, -0.05) is 78.9 Å². The second-order valence-electron chi connectivity index (χ2n) is 8.54. The van der Waals surface area contributed by atoms with Crippen LogP contribution in [0.2, 0.25) is 0 Å². The van der Waals surface area contributed by atoms with Crippen LogP contribution in [0.15, 0.2) is 121 Å². The average molecular weight is 457 g/mol. The van der Waals surface area contributed by atoms with Crippen LogP contribution in [0, 0.1) is 0 Å². The van der Waals surface area contributed by atoms with Crippen molar-refractivity contribution in [3.8, 4) is 17.2 Å². The van der Waals surface area contributed by atoms with Crippen LogP contribution in [0.3, 0.4) is 0 Å². The maximum absolute atomic E-state index is 15.0. The molecule has 0 fully saturated rings. The van der Waals surface area contributed by atoms with Crippen LogP contribution in [-0.2, 0) is 4.57 Å². The van der Waals surface area contributed by atoms with Gasteiger partial charge in [0.05, 0.1) is 21.6 Å². The van der Waals surface area contributed by atoms with E-state index in [1.54, 1.807) is 0 Å². The van der Waals surface area contributed by atoms with Gasteiger partial charge in [0.25, 0.3) is 0 Å². The summed E-state index contributed by atoms with van der Waals surface area (Å²) in [4.78, 5) is 0. The summed E-state index contributed by atoms with van der Waals surface area (Å²) in [6, 6.07) is 40.4. The Labute approximate surface area is 197 Å². The van der Waals surface area contributed by atoms with Gasteiger partial charge in [0.15, 0.2) is 7.14 Å². The number of fused-ring (bicyclic) bond motifs is 5. The zero-order chi connectivity index (χ0) is 22.7. The Hall–Kier alpha value is -4.07. The first-order chi connectivity index (χ1) is 16.7. The molecule has 162 valence electrons. The van der Waals surface area contributed by atoms with Crippen molar-refractivity contribution in [3.63, 3.8) is 0 Å². The Bertz CT molecular complexity index is 1710. The maximum Gasteiger partial charge on any atom is 0.178 e. The van der Waals surface area contributed by atoms with Gasteiger partial charge in [-0.25, -0.2) is 0 Å². The fraction of sp³-hybridized carbons (Fsp3) is 0. The summed E-state index contributed by atoms with van der Waals surface area (Å²) in [7, 11) is -3.13. The predicted molar refractivity (Wildman–Crippen MR) is 140 cm³/mol. The Balaban J connectivity index is 1.55. The summed E-state index contributed by atoms with van der Waals surface area (Å²) in [5.41, 5.74) is 3.21. The fourth-order valence-corrected chi connectivity index (χ4v) is 8.02. The third kappa shape index (κ3) is 2.62. The van der Waals surface area contributed by atoms with Crippen molar-refractivity contribution >= 4 is 44.9 Å². The van der Waals surface area contributed by atoms with Crippen molar-refractivity contribution in [2.24, 2.45) is 0 Å². The molecule has 1 unspecified atom stereocenters. The monoisotopic (exact) mass is 457 g/mol. The Kier molecular flexibility index (Phi) is 4.12.